The van der Waals surface area contributed by atoms with Gasteiger partial charge in [-0.2, -0.15) is 8.78 Å². The van der Waals surface area contributed by atoms with Crippen LogP contribution in [0.3, 0.4) is 0 Å². The largest absolute Gasteiger partial charge is 0.483 e. The minimum absolute atomic E-state index is 0.00360. The van der Waals surface area contributed by atoms with Gasteiger partial charge in [0, 0.05) is 5.56 Å². The number of hydrogen-bond donors (Lipinski definition) is 1. The van der Waals surface area contributed by atoms with Crippen molar-refractivity contribution in [2.75, 3.05) is 4.90 Å². The number of aliphatic hydroxyl groups excluding tert-OH is 1. The Morgan fingerprint density at radius 3 is 2.59 bits per heavy atom. The zero-order chi connectivity index (χ0) is 23.2. The molecule has 2 aromatic carbocycles. The van der Waals surface area contributed by atoms with E-state index in [-0.39, 0.29) is 40.5 Å². The van der Waals surface area contributed by atoms with E-state index >= 15 is 0 Å². The Bertz CT molecular complexity index is 1300. The van der Waals surface area contributed by atoms with Gasteiger partial charge in [-0.1, -0.05) is 24.3 Å². The molecule has 0 saturated carbocycles. The van der Waals surface area contributed by atoms with E-state index in [0.29, 0.717) is 5.52 Å². The van der Waals surface area contributed by atoms with E-state index in [1.807, 2.05) is 0 Å². The van der Waals surface area contributed by atoms with Crippen molar-refractivity contribution in [3.63, 3.8) is 0 Å². The number of hydrogen-bond acceptors (Lipinski definition) is 6. The standard InChI is InChI=1S/C22H19F2N3O5/c1-12(28)10-27-18(25-16-8-4-3-6-15(16)20(27)30)11-26-17-9-5-7-14(13(2)29)19(17)32-22(23,24)21(26)31/h3-9,13,29H,10-11H2,1-2H3/t13-/m0/s1. The number of para-hydroxylation sites is 2. The lowest BCUT2D eigenvalue weighted by atomic mass is 10.1. The molecule has 0 bridgehead atoms. The number of nitrogens with zero attached hydrogens (tertiary/aromatic N) is 3. The summed E-state index contributed by atoms with van der Waals surface area (Å²) in [5.74, 6) is -2.37. The number of aliphatic hydroxyl groups is 1. The smallest absolute Gasteiger partial charge is 0.423 e. The highest BCUT2D eigenvalue weighted by molar-refractivity contribution is 6.01. The van der Waals surface area contributed by atoms with Crippen LogP contribution in [0.5, 0.6) is 5.75 Å². The predicted octanol–water partition coefficient (Wildman–Crippen LogP) is 2.56. The molecule has 1 aromatic heterocycles. The Labute approximate surface area is 180 Å². The van der Waals surface area contributed by atoms with Crippen molar-refractivity contribution in [2.24, 2.45) is 0 Å². The van der Waals surface area contributed by atoms with Crippen LogP contribution in [-0.2, 0) is 22.7 Å². The molecule has 3 aromatic rings. The van der Waals surface area contributed by atoms with E-state index in [9.17, 15) is 28.3 Å². The lowest BCUT2D eigenvalue weighted by Gasteiger charge is -2.35. The SMILES string of the molecule is CC(=O)Cn1c(CN2C(=O)C(F)(F)Oc3c([C@H](C)O)cccc32)nc2ccccc2c1=O. The van der Waals surface area contributed by atoms with Crippen LogP contribution in [0.4, 0.5) is 14.5 Å². The van der Waals surface area contributed by atoms with Crippen LogP contribution in [-0.4, -0.2) is 32.5 Å². The van der Waals surface area contributed by atoms with Crippen LogP contribution < -0.4 is 15.2 Å². The molecular formula is C22H19F2N3O5. The molecule has 0 radical (unpaired) electrons. The third kappa shape index (κ3) is 3.62. The number of benzene rings is 2. The van der Waals surface area contributed by atoms with E-state index in [0.717, 1.165) is 9.47 Å². The number of fused-ring (bicyclic) bond motifs is 2. The van der Waals surface area contributed by atoms with Gasteiger partial charge in [0.05, 0.1) is 35.8 Å². The molecule has 0 fully saturated rings. The fourth-order valence-electron chi connectivity index (χ4n) is 3.65. The lowest BCUT2D eigenvalue weighted by molar-refractivity contribution is -0.193. The molecule has 10 heteroatoms. The Balaban J connectivity index is 1.91. The summed E-state index contributed by atoms with van der Waals surface area (Å²) in [5.41, 5.74) is -0.146. The van der Waals surface area contributed by atoms with Gasteiger partial charge >= 0.3 is 12.0 Å². The van der Waals surface area contributed by atoms with Gasteiger partial charge < -0.3 is 9.84 Å². The second-order valence-corrected chi connectivity index (χ2v) is 7.52. The van der Waals surface area contributed by atoms with Gasteiger partial charge in [0.2, 0.25) is 0 Å². The van der Waals surface area contributed by atoms with Crippen LogP contribution in [0.1, 0.15) is 31.3 Å². The Morgan fingerprint density at radius 1 is 1.19 bits per heavy atom. The molecule has 1 amide bonds. The summed E-state index contributed by atoms with van der Waals surface area (Å²) in [4.78, 5) is 42.5. The molecule has 0 unspecified atom stereocenters. The highest BCUT2D eigenvalue weighted by atomic mass is 19.3. The van der Waals surface area contributed by atoms with Crippen molar-refractivity contribution in [1.29, 1.82) is 0 Å². The number of ketones is 1. The van der Waals surface area contributed by atoms with Crippen molar-refractivity contribution < 1.29 is 28.2 Å². The fraction of sp³-hybridized carbons (Fsp3) is 0.273. The third-order valence-electron chi connectivity index (χ3n) is 5.11. The third-order valence-corrected chi connectivity index (χ3v) is 5.11. The van der Waals surface area contributed by atoms with Crippen molar-refractivity contribution in [3.05, 3.63) is 64.2 Å². The van der Waals surface area contributed by atoms with Gasteiger partial charge in [0.1, 0.15) is 11.6 Å². The maximum absolute atomic E-state index is 14.5. The molecule has 4 rings (SSSR count). The fourth-order valence-corrected chi connectivity index (χ4v) is 3.65. The van der Waals surface area contributed by atoms with Gasteiger partial charge in [0.15, 0.2) is 5.75 Å². The van der Waals surface area contributed by atoms with Crippen LogP contribution in [0.2, 0.25) is 0 Å². The number of anilines is 1. The Morgan fingerprint density at radius 2 is 1.91 bits per heavy atom. The van der Waals surface area contributed by atoms with Crippen LogP contribution in [0.15, 0.2) is 47.3 Å². The summed E-state index contributed by atoms with van der Waals surface area (Å²) in [7, 11) is 0. The van der Waals surface area contributed by atoms with Crippen LogP contribution in [0.25, 0.3) is 10.9 Å². The zero-order valence-electron chi connectivity index (χ0n) is 17.2. The van der Waals surface area contributed by atoms with Crippen molar-refractivity contribution in [1.82, 2.24) is 9.55 Å². The van der Waals surface area contributed by atoms with Gasteiger partial charge in [0.25, 0.3) is 5.56 Å². The summed E-state index contributed by atoms with van der Waals surface area (Å²) in [6.07, 6.45) is -5.33. The predicted molar refractivity (Wildman–Crippen MR) is 111 cm³/mol. The summed E-state index contributed by atoms with van der Waals surface area (Å²) in [6.45, 7) is 1.82. The van der Waals surface area contributed by atoms with Crippen LogP contribution in [0, 0.1) is 0 Å². The molecule has 32 heavy (non-hydrogen) atoms. The average Bonchev–Trinajstić information content (AvgIpc) is 2.73. The van der Waals surface area contributed by atoms with Gasteiger partial charge in [-0.05, 0) is 32.0 Å². The first-order valence-corrected chi connectivity index (χ1v) is 9.78. The Kier molecular flexibility index (Phi) is 5.25. The minimum atomic E-state index is -4.19. The molecule has 0 aliphatic carbocycles. The molecule has 1 aliphatic heterocycles. The van der Waals surface area contributed by atoms with E-state index < -0.39 is 30.2 Å². The quantitative estimate of drug-likeness (QED) is 0.650. The first-order valence-electron chi connectivity index (χ1n) is 9.78. The highest BCUT2D eigenvalue weighted by Crippen LogP contribution is 2.44. The second kappa shape index (κ2) is 7.79. The van der Waals surface area contributed by atoms with Gasteiger partial charge in [-0.15, -0.1) is 0 Å². The highest BCUT2D eigenvalue weighted by Gasteiger charge is 2.51. The average molecular weight is 443 g/mol. The molecule has 166 valence electrons. The molecule has 8 nitrogen and oxygen atoms in total. The number of carbonyl (C=O) groups excluding carboxylic acids is 2. The number of carbonyl (C=O) groups is 2. The van der Waals surface area contributed by atoms with E-state index in [1.54, 1.807) is 24.3 Å². The first kappa shape index (κ1) is 21.6. The van der Waals surface area contributed by atoms with E-state index in [2.05, 4.69) is 9.72 Å². The van der Waals surface area contributed by atoms with Crippen molar-refractivity contribution in [3.8, 4) is 5.75 Å². The van der Waals surface area contributed by atoms with Crippen molar-refractivity contribution in [2.45, 2.75) is 39.1 Å². The molecule has 1 atom stereocenters. The van der Waals surface area contributed by atoms with Gasteiger partial charge in [-0.25, -0.2) is 4.98 Å². The monoisotopic (exact) mass is 443 g/mol. The topological polar surface area (TPSA) is 102 Å². The van der Waals surface area contributed by atoms with E-state index in [4.69, 9.17) is 0 Å². The molecule has 0 spiro atoms. The Hall–Kier alpha value is -3.66. The number of ether oxygens (including phenoxy) is 1. The van der Waals surface area contributed by atoms with Gasteiger partial charge in [-0.3, -0.25) is 23.9 Å². The number of Topliss-reactive ketones (excluding diaryl/α,β-unsaturated/α-hetero) is 1. The number of halogens is 2. The molecule has 1 N–H and O–H groups in total. The lowest BCUT2D eigenvalue weighted by Crippen LogP contribution is -2.51. The number of alkyl halides is 2. The summed E-state index contributed by atoms with van der Waals surface area (Å²) in [6, 6.07) is 10.7. The maximum atomic E-state index is 14.5. The first-order chi connectivity index (χ1) is 15.1. The summed E-state index contributed by atoms with van der Waals surface area (Å²) in [5, 5.41) is 10.2. The van der Waals surface area contributed by atoms with Crippen molar-refractivity contribution >= 4 is 28.3 Å². The zero-order valence-corrected chi connectivity index (χ0v) is 17.2. The molecular weight excluding hydrogens is 424 g/mol. The molecule has 2 heterocycles. The number of aromatic nitrogens is 2. The second-order valence-electron chi connectivity index (χ2n) is 7.52. The minimum Gasteiger partial charge on any atom is -0.423 e. The van der Waals surface area contributed by atoms with E-state index in [1.165, 1.54) is 32.0 Å². The molecule has 1 aliphatic rings. The summed E-state index contributed by atoms with van der Waals surface area (Å²) >= 11 is 0. The summed E-state index contributed by atoms with van der Waals surface area (Å²) < 4.78 is 34.7. The normalized spacial score (nSPS) is 15.9. The maximum Gasteiger partial charge on any atom is 0.483 e. The number of rotatable bonds is 5. The number of amides is 1. The van der Waals surface area contributed by atoms with Crippen LogP contribution >= 0.6 is 0 Å². The molecule has 0 saturated heterocycles.